The lowest BCUT2D eigenvalue weighted by Crippen LogP contribution is -2.44. The Hall–Kier alpha value is -3.19. The molecular weight excluding hydrogens is 421 g/mol. The summed E-state index contributed by atoms with van der Waals surface area (Å²) < 4.78 is 26.9. The van der Waals surface area contributed by atoms with Crippen molar-refractivity contribution in [1.29, 1.82) is 0 Å². The van der Waals surface area contributed by atoms with Gasteiger partial charge in [0.1, 0.15) is 11.4 Å². The van der Waals surface area contributed by atoms with Crippen molar-refractivity contribution in [2.45, 2.75) is 52.0 Å². The molecule has 2 aromatic carbocycles. The second-order valence-corrected chi connectivity index (χ2v) is 9.31. The molecule has 1 aromatic heterocycles. The number of halogens is 1. The van der Waals surface area contributed by atoms with Crippen molar-refractivity contribution < 1.29 is 18.7 Å². The zero-order valence-corrected chi connectivity index (χ0v) is 19.3. The molecular formula is C26H30FN3O3. The number of carbonyl (C=O) groups excluding carboxylic acids is 1. The quantitative estimate of drug-likeness (QED) is 0.459. The van der Waals surface area contributed by atoms with Gasteiger partial charge in [0.25, 0.3) is 0 Å². The van der Waals surface area contributed by atoms with E-state index < -0.39 is 5.60 Å². The highest BCUT2D eigenvalue weighted by atomic mass is 19.1. The smallest absolute Gasteiger partial charge is 0.410 e. The van der Waals surface area contributed by atoms with Gasteiger partial charge in [0.15, 0.2) is 0 Å². The molecule has 3 aromatic rings. The number of fused-ring (bicyclic) bond motifs is 1. The first-order valence-electron chi connectivity index (χ1n) is 11.2. The summed E-state index contributed by atoms with van der Waals surface area (Å²) >= 11 is 0. The number of amides is 1. The summed E-state index contributed by atoms with van der Waals surface area (Å²) in [6.07, 6.45) is 0.359. The number of benzene rings is 2. The van der Waals surface area contributed by atoms with Gasteiger partial charge in [-0.05, 0) is 63.1 Å². The van der Waals surface area contributed by atoms with Crippen molar-refractivity contribution in [2.75, 3.05) is 13.2 Å². The predicted molar refractivity (Wildman–Crippen MR) is 124 cm³/mol. The minimum absolute atomic E-state index is 0.0498. The van der Waals surface area contributed by atoms with Crippen LogP contribution in [-0.2, 0) is 22.6 Å². The highest BCUT2D eigenvalue weighted by Crippen LogP contribution is 2.29. The van der Waals surface area contributed by atoms with Gasteiger partial charge in [0, 0.05) is 18.7 Å². The van der Waals surface area contributed by atoms with Crippen LogP contribution in [0.4, 0.5) is 9.18 Å². The molecule has 6 nitrogen and oxygen atoms in total. The van der Waals surface area contributed by atoms with Crippen molar-refractivity contribution >= 4 is 6.09 Å². The lowest BCUT2D eigenvalue weighted by Gasteiger charge is -2.35. The van der Waals surface area contributed by atoms with E-state index in [2.05, 4.69) is 0 Å². The molecule has 0 spiro atoms. The Morgan fingerprint density at radius 2 is 1.85 bits per heavy atom. The minimum atomic E-state index is -0.567. The molecule has 1 aliphatic heterocycles. The minimum Gasteiger partial charge on any atom is -0.444 e. The molecule has 0 saturated carbocycles. The lowest BCUT2D eigenvalue weighted by atomic mass is 10.1. The van der Waals surface area contributed by atoms with Crippen LogP contribution >= 0.6 is 0 Å². The summed E-state index contributed by atoms with van der Waals surface area (Å²) in [4.78, 5) is 14.5. The Morgan fingerprint density at radius 3 is 2.55 bits per heavy atom. The van der Waals surface area contributed by atoms with Crippen molar-refractivity contribution in [3.63, 3.8) is 0 Å². The normalized spacial score (nSPS) is 15.9. The van der Waals surface area contributed by atoms with Crippen LogP contribution in [0.5, 0.6) is 0 Å². The van der Waals surface area contributed by atoms with E-state index >= 15 is 0 Å². The Balaban J connectivity index is 1.50. The second kappa shape index (κ2) is 9.75. The van der Waals surface area contributed by atoms with Crippen LogP contribution in [0.15, 0.2) is 60.7 Å². The summed E-state index contributed by atoms with van der Waals surface area (Å²) in [6.45, 7) is 7.55. The molecule has 1 atom stereocenters. The first kappa shape index (κ1) is 23.0. The Morgan fingerprint density at radius 1 is 1.12 bits per heavy atom. The van der Waals surface area contributed by atoms with Crippen LogP contribution in [0.2, 0.25) is 0 Å². The van der Waals surface area contributed by atoms with Crippen LogP contribution < -0.4 is 0 Å². The fourth-order valence-electron chi connectivity index (χ4n) is 3.88. The fraction of sp³-hybridized carbons (Fsp3) is 0.385. The van der Waals surface area contributed by atoms with E-state index in [1.807, 2.05) is 61.9 Å². The highest BCUT2D eigenvalue weighted by molar-refractivity contribution is 5.68. The van der Waals surface area contributed by atoms with E-state index in [1.165, 1.54) is 12.1 Å². The molecule has 0 radical (unpaired) electrons. The average molecular weight is 452 g/mol. The summed E-state index contributed by atoms with van der Waals surface area (Å²) in [7, 11) is 0. The third-order valence-electron chi connectivity index (χ3n) is 5.44. The van der Waals surface area contributed by atoms with Gasteiger partial charge in [-0.1, -0.05) is 30.3 Å². The average Bonchev–Trinajstić information content (AvgIpc) is 3.21. The first-order valence-corrected chi connectivity index (χ1v) is 11.2. The van der Waals surface area contributed by atoms with E-state index in [1.54, 1.807) is 17.0 Å². The van der Waals surface area contributed by atoms with Gasteiger partial charge in [0.05, 0.1) is 30.6 Å². The van der Waals surface area contributed by atoms with Gasteiger partial charge in [-0.2, -0.15) is 5.10 Å². The number of hydrogen-bond acceptors (Lipinski definition) is 4. The summed E-state index contributed by atoms with van der Waals surface area (Å²) in [5, 5.41) is 4.80. The zero-order valence-electron chi connectivity index (χ0n) is 19.3. The predicted octanol–water partition coefficient (Wildman–Crippen LogP) is 5.59. The molecule has 0 fully saturated rings. The van der Waals surface area contributed by atoms with Crippen molar-refractivity contribution in [3.8, 4) is 11.3 Å². The molecule has 33 heavy (non-hydrogen) atoms. The molecule has 0 N–H and O–H groups in total. The molecule has 4 rings (SSSR count). The van der Waals surface area contributed by atoms with Crippen LogP contribution in [0.3, 0.4) is 0 Å². The van der Waals surface area contributed by atoms with E-state index in [4.69, 9.17) is 14.6 Å². The third kappa shape index (κ3) is 5.99. The van der Waals surface area contributed by atoms with Crippen LogP contribution in [0, 0.1) is 5.82 Å². The number of carbonyl (C=O) groups is 1. The fourth-order valence-corrected chi connectivity index (χ4v) is 3.88. The Kier molecular flexibility index (Phi) is 6.79. The van der Waals surface area contributed by atoms with Gasteiger partial charge < -0.3 is 14.4 Å². The monoisotopic (exact) mass is 451 g/mol. The van der Waals surface area contributed by atoms with Gasteiger partial charge in [0.2, 0.25) is 0 Å². The van der Waals surface area contributed by atoms with Gasteiger partial charge in [-0.25, -0.2) is 9.18 Å². The Bertz CT molecular complexity index is 1070. The van der Waals surface area contributed by atoms with Gasteiger partial charge in [-0.3, -0.25) is 4.68 Å². The first-order chi connectivity index (χ1) is 15.8. The molecule has 1 aliphatic rings. The molecule has 1 amide bonds. The van der Waals surface area contributed by atoms with Gasteiger partial charge in [-0.15, -0.1) is 0 Å². The number of aromatic nitrogens is 2. The molecule has 174 valence electrons. The number of nitrogens with zero attached hydrogens (tertiary/aromatic N) is 3. The SMILES string of the molecule is CC(C)(C)OC(=O)N1Cc2cc(-c3ccc(F)cc3)nn2[C@H](CCOCc2ccccc2)C1. The maximum atomic E-state index is 13.4. The van der Waals surface area contributed by atoms with Crippen LogP contribution in [-0.4, -0.2) is 39.5 Å². The van der Waals surface area contributed by atoms with Crippen LogP contribution in [0.25, 0.3) is 11.3 Å². The number of ether oxygens (including phenoxy) is 2. The topological polar surface area (TPSA) is 56.6 Å². The number of hydrogen-bond donors (Lipinski definition) is 0. The number of rotatable bonds is 6. The second-order valence-electron chi connectivity index (χ2n) is 9.31. The summed E-state index contributed by atoms with van der Waals surface area (Å²) in [6, 6.07) is 18.2. The molecule has 0 saturated heterocycles. The van der Waals surface area contributed by atoms with E-state index in [0.29, 0.717) is 32.7 Å². The van der Waals surface area contributed by atoms with Crippen molar-refractivity contribution in [1.82, 2.24) is 14.7 Å². The Labute approximate surface area is 193 Å². The maximum absolute atomic E-state index is 13.4. The van der Waals surface area contributed by atoms with Crippen molar-refractivity contribution in [2.24, 2.45) is 0 Å². The maximum Gasteiger partial charge on any atom is 0.410 e. The summed E-state index contributed by atoms with van der Waals surface area (Å²) in [5.41, 5.74) is 3.06. The lowest BCUT2D eigenvalue weighted by molar-refractivity contribution is 0.0132. The molecule has 2 heterocycles. The zero-order chi connectivity index (χ0) is 23.4. The molecule has 7 heteroatoms. The molecule has 0 aliphatic carbocycles. The summed E-state index contributed by atoms with van der Waals surface area (Å²) in [5.74, 6) is -0.285. The van der Waals surface area contributed by atoms with E-state index in [-0.39, 0.29) is 18.0 Å². The largest absolute Gasteiger partial charge is 0.444 e. The van der Waals surface area contributed by atoms with Crippen molar-refractivity contribution in [3.05, 3.63) is 77.7 Å². The third-order valence-corrected chi connectivity index (χ3v) is 5.44. The highest BCUT2D eigenvalue weighted by Gasteiger charge is 2.32. The van der Waals surface area contributed by atoms with E-state index in [0.717, 1.165) is 22.5 Å². The van der Waals surface area contributed by atoms with Crippen LogP contribution in [0.1, 0.15) is 44.5 Å². The van der Waals surface area contributed by atoms with E-state index in [9.17, 15) is 9.18 Å². The molecule has 0 bridgehead atoms. The molecule has 0 unspecified atom stereocenters. The van der Waals surface area contributed by atoms with Gasteiger partial charge >= 0.3 is 6.09 Å². The standard InChI is InChI=1S/C26H30FN3O3/c1-26(2,3)33-25(31)29-16-22(13-14-32-18-19-7-5-4-6-8-19)30-23(17-29)15-24(28-30)20-9-11-21(27)12-10-20/h4-12,15,22H,13-14,16-18H2,1-3H3/t22-/m1/s1.